The van der Waals surface area contributed by atoms with Crippen LogP contribution < -0.4 is 4.72 Å². The summed E-state index contributed by atoms with van der Waals surface area (Å²) in [5, 5.41) is 10.4. The Labute approximate surface area is 114 Å². The van der Waals surface area contributed by atoms with E-state index in [1.807, 2.05) is 0 Å². The lowest BCUT2D eigenvalue weighted by atomic mass is 10.3. The molecule has 0 saturated heterocycles. The molecular weight excluding hydrogens is 303 g/mol. The number of alkyl halides is 1. The molecule has 0 bridgehead atoms. The Hall–Kier alpha value is -1.05. The van der Waals surface area contributed by atoms with Gasteiger partial charge in [0.1, 0.15) is 5.02 Å². The number of sulfonamides is 1. The molecule has 0 amide bonds. The van der Waals surface area contributed by atoms with Crippen LogP contribution in [0.4, 0.5) is 11.4 Å². The van der Waals surface area contributed by atoms with Crippen LogP contribution in [0.25, 0.3) is 0 Å². The average Bonchev–Trinajstić information content (AvgIpc) is 2.25. The first-order valence-corrected chi connectivity index (χ1v) is 7.42. The molecule has 6 nitrogen and oxygen atoms in total. The van der Waals surface area contributed by atoms with Crippen molar-refractivity contribution in [2.24, 2.45) is 0 Å². The normalized spacial score (nSPS) is 11.2. The zero-order chi connectivity index (χ0) is 13.8. The lowest BCUT2D eigenvalue weighted by Gasteiger charge is -2.07. The highest BCUT2D eigenvalue weighted by Gasteiger charge is 2.15. The molecule has 0 saturated carbocycles. The van der Waals surface area contributed by atoms with Gasteiger partial charge >= 0.3 is 0 Å². The van der Waals surface area contributed by atoms with Gasteiger partial charge in [-0.15, -0.1) is 11.6 Å². The van der Waals surface area contributed by atoms with E-state index >= 15 is 0 Å². The summed E-state index contributed by atoms with van der Waals surface area (Å²) in [6, 6.07) is 3.61. The summed E-state index contributed by atoms with van der Waals surface area (Å²) < 4.78 is 25.4. The Morgan fingerprint density at radius 1 is 1.39 bits per heavy atom. The van der Waals surface area contributed by atoms with Crippen molar-refractivity contribution < 1.29 is 13.3 Å². The Balaban J connectivity index is 2.87. The van der Waals surface area contributed by atoms with Gasteiger partial charge in [0.05, 0.1) is 16.4 Å². The standard InChI is InChI=1S/C9H10Cl2N2O4S/c10-4-1-5-18(16,17)12-7-2-3-9(13(14)15)8(11)6-7/h2-3,6,12H,1,4-5H2. The zero-order valence-electron chi connectivity index (χ0n) is 9.10. The third-order valence-corrected chi connectivity index (χ3v) is 3.91. The maximum atomic E-state index is 11.5. The van der Waals surface area contributed by atoms with Crippen LogP contribution in [-0.4, -0.2) is 25.0 Å². The maximum Gasteiger partial charge on any atom is 0.288 e. The van der Waals surface area contributed by atoms with Crippen molar-refractivity contribution in [1.82, 2.24) is 0 Å². The van der Waals surface area contributed by atoms with E-state index in [1.54, 1.807) is 0 Å². The molecule has 0 aliphatic rings. The van der Waals surface area contributed by atoms with Crippen LogP contribution in [0.5, 0.6) is 0 Å². The van der Waals surface area contributed by atoms with Crippen molar-refractivity contribution in [2.45, 2.75) is 6.42 Å². The molecule has 1 rings (SSSR count). The molecule has 0 heterocycles. The highest BCUT2D eigenvalue weighted by atomic mass is 35.5. The zero-order valence-corrected chi connectivity index (χ0v) is 11.4. The second-order valence-electron chi connectivity index (χ2n) is 3.39. The minimum absolute atomic E-state index is 0.120. The van der Waals surface area contributed by atoms with Crippen LogP contribution in [0.1, 0.15) is 6.42 Å². The number of nitrogens with one attached hydrogen (secondary N) is 1. The molecule has 1 aromatic carbocycles. The lowest BCUT2D eigenvalue weighted by Crippen LogP contribution is -2.17. The summed E-state index contributed by atoms with van der Waals surface area (Å²) in [6.45, 7) is 0. The molecule has 0 fully saturated rings. The van der Waals surface area contributed by atoms with E-state index in [-0.39, 0.29) is 28.0 Å². The fraction of sp³-hybridized carbons (Fsp3) is 0.333. The van der Waals surface area contributed by atoms with Crippen molar-refractivity contribution in [2.75, 3.05) is 16.4 Å². The maximum absolute atomic E-state index is 11.5. The molecule has 1 aromatic rings. The Morgan fingerprint density at radius 3 is 2.56 bits per heavy atom. The van der Waals surface area contributed by atoms with Gasteiger partial charge in [0, 0.05) is 11.9 Å². The lowest BCUT2D eigenvalue weighted by molar-refractivity contribution is -0.384. The number of hydrogen-bond acceptors (Lipinski definition) is 4. The van der Waals surface area contributed by atoms with Gasteiger partial charge in [-0.1, -0.05) is 11.6 Å². The smallest absolute Gasteiger partial charge is 0.283 e. The molecule has 0 radical (unpaired) electrons. The minimum Gasteiger partial charge on any atom is -0.283 e. The molecular formula is C9H10Cl2N2O4S. The van der Waals surface area contributed by atoms with Crippen LogP contribution in [0.3, 0.4) is 0 Å². The summed E-state index contributed by atoms with van der Waals surface area (Å²) in [7, 11) is -3.51. The SMILES string of the molecule is O=[N+]([O-])c1ccc(NS(=O)(=O)CCCCl)cc1Cl. The van der Waals surface area contributed by atoms with E-state index < -0.39 is 14.9 Å². The first-order valence-electron chi connectivity index (χ1n) is 4.86. The van der Waals surface area contributed by atoms with E-state index in [4.69, 9.17) is 23.2 Å². The second-order valence-corrected chi connectivity index (χ2v) is 6.01. The van der Waals surface area contributed by atoms with E-state index in [0.29, 0.717) is 6.42 Å². The Bertz CT molecular complexity index is 547. The number of halogens is 2. The first-order chi connectivity index (χ1) is 8.35. The molecule has 0 atom stereocenters. The van der Waals surface area contributed by atoms with Gasteiger partial charge in [0.15, 0.2) is 0 Å². The minimum atomic E-state index is -3.51. The van der Waals surface area contributed by atoms with Crippen molar-refractivity contribution in [1.29, 1.82) is 0 Å². The molecule has 0 aliphatic carbocycles. The van der Waals surface area contributed by atoms with E-state index in [2.05, 4.69) is 4.72 Å². The number of rotatable bonds is 6. The molecule has 0 aromatic heterocycles. The summed E-state index contributed by atoms with van der Waals surface area (Å²) >= 11 is 11.1. The number of benzene rings is 1. The van der Waals surface area contributed by atoms with Crippen molar-refractivity contribution in [3.05, 3.63) is 33.3 Å². The summed E-state index contributed by atoms with van der Waals surface area (Å²) in [5.74, 6) is 0.118. The van der Waals surface area contributed by atoms with Gasteiger partial charge in [0.2, 0.25) is 10.0 Å². The second kappa shape index (κ2) is 6.21. The molecule has 1 N–H and O–H groups in total. The fourth-order valence-corrected chi connectivity index (χ4v) is 2.85. The highest BCUT2D eigenvalue weighted by Crippen LogP contribution is 2.27. The van der Waals surface area contributed by atoms with Gasteiger partial charge < -0.3 is 0 Å². The van der Waals surface area contributed by atoms with Crippen LogP contribution in [0, 0.1) is 10.1 Å². The van der Waals surface area contributed by atoms with Gasteiger partial charge in [-0.25, -0.2) is 8.42 Å². The van der Waals surface area contributed by atoms with Crippen LogP contribution in [0.15, 0.2) is 18.2 Å². The van der Waals surface area contributed by atoms with Gasteiger partial charge in [0.25, 0.3) is 5.69 Å². The third kappa shape index (κ3) is 4.32. The van der Waals surface area contributed by atoms with E-state index in [9.17, 15) is 18.5 Å². The Morgan fingerprint density at radius 2 is 2.06 bits per heavy atom. The van der Waals surface area contributed by atoms with Crippen molar-refractivity contribution >= 4 is 44.6 Å². The summed E-state index contributed by atoms with van der Waals surface area (Å²) in [4.78, 5) is 9.88. The average molecular weight is 313 g/mol. The molecule has 0 aliphatic heterocycles. The highest BCUT2D eigenvalue weighted by molar-refractivity contribution is 7.92. The number of hydrogen-bond donors (Lipinski definition) is 1. The number of nitro benzene ring substituents is 1. The Kier molecular flexibility index (Phi) is 5.18. The third-order valence-electron chi connectivity index (χ3n) is 1.96. The summed E-state index contributed by atoms with van der Waals surface area (Å²) in [5.41, 5.74) is -0.0967. The number of anilines is 1. The van der Waals surface area contributed by atoms with E-state index in [0.717, 1.165) is 6.07 Å². The monoisotopic (exact) mass is 312 g/mol. The quantitative estimate of drug-likeness (QED) is 0.496. The van der Waals surface area contributed by atoms with Gasteiger partial charge in [-0.3, -0.25) is 14.8 Å². The predicted molar refractivity (Wildman–Crippen MR) is 70.9 cm³/mol. The van der Waals surface area contributed by atoms with Crippen molar-refractivity contribution in [3.63, 3.8) is 0 Å². The van der Waals surface area contributed by atoms with Gasteiger partial charge in [-0.05, 0) is 18.6 Å². The molecule has 18 heavy (non-hydrogen) atoms. The molecule has 0 spiro atoms. The molecule has 0 unspecified atom stereocenters. The number of nitro groups is 1. The summed E-state index contributed by atoms with van der Waals surface area (Å²) in [6.07, 6.45) is 0.317. The molecule has 9 heteroatoms. The van der Waals surface area contributed by atoms with E-state index in [1.165, 1.54) is 12.1 Å². The first kappa shape index (κ1) is 15.0. The van der Waals surface area contributed by atoms with Crippen LogP contribution in [-0.2, 0) is 10.0 Å². The van der Waals surface area contributed by atoms with Gasteiger partial charge in [-0.2, -0.15) is 0 Å². The van der Waals surface area contributed by atoms with Crippen LogP contribution in [0.2, 0.25) is 5.02 Å². The van der Waals surface area contributed by atoms with Crippen LogP contribution >= 0.6 is 23.2 Å². The fourth-order valence-electron chi connectivity index (χ4n) is 1.19. The topological polar surface area (TPSA) is 89.3 Å². The number of nitrogens with zero attached hydrogens (tertiary/aromatic N) is 1. The predicted octanol–water partition coefficient (Wildman–Crippen LogP) is 2.62. The van der Waals surface area contributed by atoms with Crippen molar-refractivity contribution in [3.8, 4) is 0 Å². The largest absolute Gasteiger partial charge is 0.288 e. The molecule has 100 valence electrons.